The van der Waals surface area contributed by atoms with Crippen LogP contribution < -0.4 is 4.74 Å². The fourth-order valence-corrected chi connectivity index (χ4v) is 3.21. The maximum absolute atomic E-state index is 12.8. The summed E-state index contributed by atoms with van der Waals surface area (Å²) < 4.78 is 26.2. The van der Waals surface area contributed by atoms with Crippen LogP contribution in [-0.4, -0.2) is 126 Å². The molecule has 17 heteroatoms. The van der Waals surface area contributed by atoms with E-state index in [4.69, 9.17) is 39.8 Å². The Morgan fingerprint density at radius 2 is 1.41 bits per heavy atom. The Labute approximate surface area is 236 Å². The monoisotopic (exact) mass is 593 g/mol. The molecule has 1 amide bonds. The van der Waals surface area contributed by atoms with Crippen LogP contribution in [0.3, 0.4) is 0 Å². The Morgan fingerprint density at radius 3 is 1.95 bits per heavy atom. The van der Waals surface area contributed by atoms with Gasteiger partial charge in [0.1, 0.15) is 25.6 Å². The van der Waals surface area contributed by atoms with Crippen LogP contribution in [0.2, 0.25) is 0 Å². The number of hydrogen-bond acceptors (Lipinski definition) is 16. The SMILES string of the molecule is COC(=O)CCc1ccc(OCC(CN(C(=O)COCCON(O)O)C(C)C)OC(=O)COCCON(O)O)cc1. The summed E-state index contributed by atoms with van der Waals surface area (Å²) in [5.74, 6) is -1.04. The van der Waals surface area contributed by atoms with Crippen LogP contribution in [0.25, 0.3) is 0 Å². The van der Waals surface area contributed by atoms with Gasteiger partial charge in [0.2, 0.25) is 5.91 Å². The topological polar surface area (TPSA) is 206 Å². The van der Waals surface area contributed by atoms with E-state index in [1.54, 1.807) is 38.1 Å². The molecule has 0 bridgehead atoms. The van der Waals surface area contributed by atoms with Gasteiger partial charge in [0.05, 0.1) is 50.9 Å². The second-order valence-corrected chi connectivity index (χ2v) is 8.56. The molecular weight excluding hydrogens is 554 g/mol. The molecule has 1 aromatic rings. The number of aryl methyl sites for hydroxylation is 1. The number of ether oxygens (including phenoxy) is 5. The highest BCUT2D eigenvalue weighted by molar-refractivity contribution is 5.78. The van der Waals surface area contributed by atoms with Crippen molar-refractivity contribution in [3.05, 3.63) is 29.8 Å². The van der Waals surface area contributed by atoms with E-state index in [1.807, 2.05) is 0 Å². The Bertz CT molecular complexity index is 885. The van der Waals surface area contributed by atoms with Gasteiger partial charge in [0.25, 0.3) is 0 Å². The van der Waals surface area contributed by atoms with Crippen molar-refractivity contribution in [2.45, 2.75) is 38.8 Å². The van der Waals surface area contributed by atoms with E-state index in [-0.39, 0.29) is 64.6 Å². The Morgan fingerprint density at radius 1 is 0.829 bits per heavy atom. The lowest BCUT2D eigenvalue weighted by molar-refractivity contribution is -0.493. The first-order valence-corrected chi connectivity index (χ1v) is 12.6. The van der Waals surface area contributed by atoms with E-state index in [9.17, 15) is 14.4 Å². The average molecular weight is 594 g/mol. The van der Waals surface area contributed by atoms with Gasteiger partial charge < -0.3 is 28.6 Å². The molecule has 0 aliphatic heterocycles. The molecule has 0 fully saturated rings. The normalized spacial score (nSPS) is 12.0. The minimum absolute atomic E-state index is 0.0481. The molecular formula is C24H39N3O14. The molecule has 1 unspecified atom stereocenters. The second-order valence-electron chi connectivity index (χ2n) is 8.56. The van der Waals surface area contributed by atoms with Crippen LogP contribution in [0.15, 0.2) is 24.3 Å². The van der Waals surface area contributed by atoms with E-state index >= 15 is 0 Å². The van der Waals surface area contributed by atoms with Crippen molar-refractivity contribution < 1.29 is 68.6 Å². The zero-order chi connectivity index (χ0) is 30.6. The molecule has 1 aromatic carbocycles. The van der Waals surface area contributed by atoms with Crippen molar-refractivity contribution in [2.75, 3.05) is 59.9 Å². The quantitative estimate of drug-likeness (QED) is 0.0814. The van der Waals surface area contributed by atoms with Crippen LogP contribution >= 0.6 is 0 Å². The average Bonchev–Trinajstić information content (AvgIpc) is 2.92. The summed E-state index contributed by atoms with van der Waals surface area (Å²) in [6.45, 7) is 1.85. The van der Waals surface area contributed by atoms with Gasteiger partial charge in [0.15, 0.2) is 6.10 Å². The third kappa shape index (κ3) is 17.4. The van der Waals surface area contributed by atoms with Crippen molar-refractivity contribution in [1.82, 2.24) is 15.7 Å². The van der Waals surface area contributed by atoms with Crippen molar-refractivity contribution in [1.29, 1.82) is 0 Å². The zero-order valence-electron chi connectivity index (χ0n) is 23.2. The molecule has 0 saturated heterocycles. The van der Waals surface area contributed by atoms with Gasteiger partial charge in [-0.25, -0.2) is 14.5 Å². The maximum atomic E-state index is 12.8. The van der Waals surface area contributed by atoms with Crippen molar-refractivity contribution in [3.63, 3.8) is 0 Å². The summed E-state index contributed by atoms with van der Waals surface area (Å²) in [4.78, 5) is 46.7. The summed E-state index contributed by atoms with van der Waals surface area (Å²) in [6.07, 6.45) is -0.193. The Kier molecular flexibility index (Phi) is 18.3. The van der Waals surface area contributed by atoms with Crippen molar-refractivity contribution in [3.8, 4) is 5.75 Å². The van der Waals surface area contributed by atoms with Crippen LogP contribution in [0, 0.1) is 0 Å². The van der Waals surface area contributed by atoms with Crippen molar-refractivity contribution in [2.24, 2.45) is 0 Å². The van der Waals surface area contributed by atoms with Gasteiger partial charge in [-0.2, -0.15) is 0 Å². The predicted molar refractivity (Wildman–Crippen MR) is 133 cm³/mol. The van der Waals surface area contributed by atoms with Gasteiger partial charge in [-0.3, -0.25) is 30.4 Å². The summed E-state index contributed by atoms with van der Waals surface area (Å²) in [5.41, 5.74) is 0.894. The highest BCUT2D eigenvalue weighted by atomic mass is 17.1. The number of nitrogens with zero attached hydrogens (tertiary/aromatic N) is 3. The molecule has 0 aliphatic carbocycles. The summed E-state index contributed by atoms with van der Waals surface area (Å²) in [7, 11) is 1.32. The first-order valence-electron chi connectivity index (χ1n) is 12.6. The third-order valence-corrected chi connectivity index (χ3v) is 5.16. The third-order valence-electron chi connectivity index (χ3n) is 5.16. The van der Waals surface area contributed by atoms with Gasteiger partial charge in [0, 0.05) is 12.5 Å². The lowest BCUT2D eigenvalue weighted by Gasteiger charge is -2.30. The molecule has 0 aromatic heterocycles. The van der Waals surface area contributed by atoms with E-state index in [2.05, 4.69) is 14.4 Å². The van der Waals surface area contributed by atoms with Gasteiger partial charge >= 0.3 is 11.9 Å². The van der Waals surface area contributed by atoms with Crippen LogP contribution in [0.1, 0.15) is 25.8 Å². The predicted octanol–water partition coefficient (Wildman–Crippen LogP) is 0.377. The Hall–Kier alpha value is -2.97. The molecule has 41 heavy (non-hydrogen) atoms. The highest BCUT2D eigenvalue weighted by Crippen LogP contribution is 2.15. The fraction of sp³-hybridized carbons (Fsp3) is 0.625. The number of rotatable bonds is 22. The number of carbonyl (C=O) groups excluding carboxylic acids is 3. The van der Waals surface area contributed by atoms with E-state index in [0.717, 1.165) is 5.56 Å². The Balaban J connectivity index is 2.78. The molecule has 1 atom stereocenters. The second kappa shape index (κ2) is 20.8. The number of benzene rings is 1. The molecule has 17 nitrogen and oxygen atoms in total. The summed E-state index contributed by atoms with van der Waals surface area (Å²) in [5, 5.41) is 33.1. The number of amides is 1. The number of hydrogen-bond donors (Lipinski definition) is 4. The smallest absolute Gasteiger partial charge is 0.332 e. The number of carbonyl (C=O) groups is 3. The molecule has 0 heterocycles. The highest BCUT2D eigenvalue weighted by Gasteiger charge is 2.25. The lowest BCUT2D eigenvalue weighted by Crippen LogP contribution is -2.47. The van der Waals surface area contributed by atoms with E-state index in [0.29, 0.717) is 12.2 Å². The van der Waals surface area contributed by atoms with Crippen molar-refractivity contribution >= 4 is 17.8 Å². The lowest BCUT2D eigenvalue weighted by atomic mass is 10.1. The first kappa shape index (κ1) is 36.1. The first-order chi connectivity index (χ1) is 19.5. The molecule has 4 N–H and O–H groups in total. The van der Waals surface area contributed by atoms with Crippen LogP contribution in [0.5, 0.6) is 5.75 Å². The molecule has 0 aliphatic rings. The minimum Gasteiger partial charge on any atom is -0.490 e. The van der Waals surface area contributed by atoms with Gasteiger partial charge in [-0.1, -0.05) is 12.1 Å². The standard InChI is InChI=1S/C24H39N3O14/c1-18(2)25(22(28)16-36-10-12-39-26(31)32)14-21(41-24(30)17-37-11-13-40-27(33)34)15-38-20-7-4-19(5-8-20)6-9-23(29)35-3/h4-5,7-8,18,21,31-34H,6,9-17H2,1-3H3. The molecule has 234 valence electrons. The molecule has 0 saturated carbocycles. The number of esters is 2. The largest absolute Gasteiger partial charge is 0.490 e. The molecule has 1 rings (SSSR count). The van der Waals surface area contributed by atoms with Crippen LogP contribution in [-0.2, 0) is 49.4 Å². The molecule has 0 radical (unpaired) electrons. The summed E-state index contributed by atoms with van der Waals surface area (Å²) >= 11 is 0. The van der Waals surface area contributed by atoms with Crippen LogP contribution in [0.4, 0.5) is 0 Å². The van der Waals surface area contributed by atoms with E-state index in [1.165, 1.54) is 12.0 Å². The number of methoxy groups -OCH3 is 1. The maximum Gasteiger partial charge on any atom is 0.332 e. The zero-order valence-corrected chi connectivity index (χ0v) is 23.2. The van der Waals surface area contributed by atoms with E-state index < -0.39 is 35.4 Å². The minimum atomic E-state index is -0.918. The summed E-state index contributed by atoms with van der Waals surface area (Å²) in [6, 6.07) is 6.65. The fourth-order valence-electron chi connectivity index (χ4n) is 3.21. The van der Waals surface area contributed by atoms with Gasteiger partial charge in [-0.05, 0) is 38.0 Å². The van der Waals surface area contributed by atoms with Gasteiger partial charge in [-0.15, -0.1) is 0 Å². The molecule has 0 spiro atoms.